The van der Waals surface area contributed by atoms with Gasteiger partial charge in [0.05, 0.1) is 22.3 Å². The molecule has 1 aromatic heterocycles. The van der Waals surface area contributed by atoms with Crippen LogP contribution in [0.25, 0.3) is 11.3 Å². The molecule has 0 aliphatic rings. The Labute approximate surface area is 284 Å². The Balaban J connectivity index is 1.47. The van der Waals surface area contributed by atoms with Crippen molar-refractivity contribution in [2.75, 3.05) is 4.90 Å². The number of carboxylic acid groups (broad SMARTS) is 1. The largest absolute Gasteiger partial charge is 0.478 e. The lowest BCUT2D eigenvalue weighted by atomic mass is 10.1. The van der Waals surface area contributed by atoms with Crippen LogP contribution in [0.15, 0.2) is 101 Å². The highest BCUT2D eigenvalue weighted by Crippen LogP contribution is 2.60. The zero-order valence-electron chi connectivity index (χ0n) is 23.2. The monoisotopic (exact) mass is 768 g/mol. The lowest BCUT2D eigenvalue weighted by Crippen LogP contribution is -2.18. The van der Waals surface area contributed by atoms with Crippen LogP contribution in [0.5, 0.6) is 5.75 Å². The van der Waals surface area contributed by atoms with Crippen LogP contribution in [-0.2, 0) is 21.6 Å². The molecule has 0 fully saturated rings. The summed E-state index contributed by atoms with van der Waals surface area (Å²) in [5.74, 6) is -0.823. The number of aliphatic carboxylic acids is 1. The smallest absolute Gasteiger partial charge is 0.399 e. The first-order valence-corrected chi connectivity index (χ1v) is 17.2. The molecule has 1 heterocycles. The van der Waals surface area contributed by atoms with Gasteiger partial charge >= 0.3 is 19.2 Å². The number of aromatic nitrogens is 1. The molecule has 0 saturated carbocycles. The van der Waals surface area contributed by atoms with E-state index in [4.69, 9.17) is 32.9 Å². The molecule has 4 aromatic carbocycles. The van der Waals surface area contributed by atoms with Crippen molar-refractivity contribution in [1.29, 1.82) is 0 Å². The molecule has 0 aliphatic heterocycles. The molecule has 46 heavy (non-hydrogen) atoms. The van der Waals surface area contributed by atoms with E-state index in [1.807, 2.05) is 0 Å². The highest BCUT2D eigenvalue weighted by atomic mass is 79.9. The maximum absolute atomic E-state index is 14.4. The van der Waals surface area contributed by atoms with E-state index in [0.717, 1.165) is 6.07 Å². The Bertz CT molecular complexity index is 1950. The van der Waals surface area contributed by atoms with E-state index in [-0.39, 0.29) is 16.0 Å². The molecule has 0 bridgehead atoms. The summed E-state index contributed by atoms with van der Waals surface area (Å²) in [6.45, 7) is 0.103. The van der Waals surface area contributed by atoms with Gasteiger partial charge in [-0.15, -0.1) is 11.3 Å². The van der Waals surface area contributed by atoms with Crippen molar-refractivity contribution >= 4 is 74.9 Å². The van der Waals surface area contributed by atoms with E-state index in [1.54, 1.807) is 83.1 Å². The minimum Gasteiger partial charge on any atom is -0.478 e. The Kier molecular flexibility index (Phi) is 10.2. The highest BCUT2D eigenvalue weighted by Gasteiger charge is 2.51. The van der Waals surface area contributed by atoms with Gasteiger partial charge in [0.25, 0.3) is 0 Å². The van der Waals surface area contributed by atoms with Crippen molar-refractivity contribution in [3.8, 4) is 17.0 Å². The van der Waals surface area contributed by atoms with Gasteiger partial charge in [-0.3, -0.25) is 4.57 Å². The molecule has 1 atom stereocenters. The molecule has 15 heteroatoms. The first-order chi connectivity index (χ1) is 21.7. The van der Waals surface area contributed by atoms with Crippen LogP contribution < -0.4 is 9.64 Å². The number of benzene rings is 4. The molecule has 0 saturated heterocycles. The van der Waals surface area contributed by atoms with E-state index in [2.05, 4.69) is 15.9 Å². The number of halogens is 5. The van der Waals surface area contributed by atoms with Gasteiger partial charge in [0, 0.05) is 32.2 Å². The Hall–Kier alpha value is -3.35. The first kappa shape index (κ1) is 34.0. The van der Waals surface area contributed by atoms with Crippen molar-refractivity contribution in [3.63, 3.8) is 0 Å². The van der Waals surface area contributed by atoms with E-state index in [0.29, 0.717) is 44.0 Å². The molecule has 5 rings (SSSR count). The summed E-state index contributed by atoms with van der Waals surface area (Å²) >= 11 is 16.8. The normalized spacial score (nSPS) is 12.5. The second kappa shape index (κ2) is 13.8. The van der Waals surface area contributed by atoms with E-state index < -0.39 is 30.9 Å². The highest BCUT2D eigenvalue weighted by molar-refractivity contribution is 9.10. The summed E-state index contributed by atoms with van der Waals surface area (Å²) < 4.78 is 46.0. The van der Waals surface area contributed by atoms with E-state index in [1.165, 1.54) is 23.5 Å². The van der Waals surface area contributed by atoms with Gasteiger partial charge in [-0.05, 0) is 42.0 Å². The fourth-order valence-electron chi connectivity index (χ4n) is 4.44. The van der Waals surface area contributed by atoms with Crippen LogP contribution in [0.1, 0.15) is 22.8 Å². The van der Waals surface area contributed by atoms with Crippen molar-refractivity contribution < 1.29 is 37.8 Å². The van der Waals surface area contributed by atoms with Gasteiger partial charge < -0.3 is 24.5 Å². The molecule has 0 radical (unpaired) electrons. The van der Waals surface area contributed by atoms with Crippen molar-refractivity contribution in [2.45, 2.75) is 18.3 Å². The SMILES string of the molecule is O=C(O)C(Oc1cccc(-c2csc(N(Cc3ccc(C(F)(F)P(=O)(O)O)c(Br)c3)c3ccc(Cl)c(Cl)c3)n2)c1)c1ccccc1. The van der Waals surface area contributed by atoms with E-state index in [9.17, 15) is 33.0 Å². The third-order valence-electron chi connectivity index (χ3n) is 6.71. The summed E-state index contributed by atoms with van der Waals surface area (Å²) in [4.78, 5) is 36.9. The first-order valence-electron chi connectivity index (χ1n) is 13.2. The second-order valence-corrected chi connectivity index (χ2v) is 14.0. The molecule has 1 unspecified atom stereocenters. The van der Waals surface area contributed by atoms with Gasteiger partial charge in [0.2, 0.25) is 6.10 Å². The van der Waals surface area contributed by atoms with Crippen LogP contribution in [-0.4, -0.2) is 25.8 Å². The standard InChI is InChI=1S/C31H22BrCl2F2N2O6PS/c32-24-13-18(9-11-23(24)31(35,36)45(41,42)43)16-38(21-10-12-25(33)26(34)15-21)30-37-27(17-46-30)20-7-4-8-22(14-20)44-28(29(39)40)19-5-2-1-3-6-19/h1-15,17,28H,16H2,(H,39,40)(H2,41,42,43). The second-order valence-electron chi connectivity index (χ2n) is 9.87. The van der Waals surface area contributed by atoms with Crippen LogP contribution in [0.2, 0.25) is 10.0 Å². The molecule has 3 N–H and O–H groups in total. The van der Waals surface area contributed by atoms with E-state index >= 15 is 0 Å². The number of thiazole rings is 1. The van der Waals surface area contributed by atoms with Gasteiger partial charge in [-0.2, -0.15) is 8.78 Å². The number of rotatable bonds is 11. The molecule has 0 aliphatic carbocycles. The molecular formula is C31H22BrCl2F2N2O6PS. The van der Waals surface area contributed by atoms with Crippen LogP contribution in [0.3, 0.4) is 0 Å². The third-order valence-corrected chi connectivity index (χ3v) is 9.94. The number of anilines is 2. The van der Waals surface area contributed by atoms with Crippen molar-refractivity contribution in [3.05, 3.63) is 128 Å². The van der Waals surface area contributed by atoms with Gasteiger partial charge in [0.15, 0.2) is 5.13 Å². The van der Waals surface area contributed by atoms with Gasteiger partial charge in [0.1, 0.15) is 5.75 Å². The zero-order valence-corrected chi connectivity index (χ0v) is 28.0. The van der Waals surface area contributed by atoms with Crippen LogP contribution in [0.4, 0.5) is 19.6 Å². The number of ether oxygens (including phenoxy) is 1. The number of carboxylic acids is 1. The average molecular weight is 770 g/mol. The Morgan fingerprint density at radius 1 is 1.00 bits per heavy atom. The predicted molar refractivity (Wildman–Crippen MR) is 177 cm³/mol. The Morgan fingerprint density at radius 2 is 1.74 bits per heavy atom. The number of alkyl halides is 2. The third kappa shape index (κ3) is 7.44. The number of carbonyl (C=O) groups is 1. The van der Waals surface area contributed by atoms with Gasteiger partial charge in [-0.1, -0.05) is 93.7 Å². The average Bonchev–Trinajstić information content (AvgIpc) is 3.50. The van der Waals surface area contributed by atoms with Crippen molar-refractivity contribution in [1.82, 2.24) is 4.98 Å². The minimum atomic E-state index is -5.77. The molecule has 0 spiro atoms. The van der Waals surface area contributed by atoms with Crippen LogP contribution in [0, 0.1) is 0 Å². The quantitative estimate of drug-likeness (QED) is 0.114. The predicted octanol–water partition coefficient (Wildman–Crippen LogP) is 9.65. The molecular weight excluding hydrogens is 748 g/mol. The number of hydrogen-bond acceptors (Lipinski definition) is 6. The van der Waals surface area contributed by atoms with Crippen molar-refractivity contribution in [2.24, 2.45) is 0 Å². The topological polar surface area (TPSA) is 120 Å². The molecule has 0 amide bonds. The maximum atomic E-state index is 14.4. The van der Waals surface area contributed by atoms with Gasteiger partial charge in [-0.25, -0.2) is 9.78 Å². The fraction of sp³-hybridized carbons (Fsp3) is 0.0968. The van der Waals surface area contributed by atoms with Crippen LogP contribution >= 0.6 is 58.1 Å². The Morgan fingerprint density at radius 3 is 2.39 bits per heavy atom. The number of nitrogens with zero attached hydrogens (tertiary/aromatic N) is 2. The summed E-state index contributed by atoms with van der Waals surface area (Å²) in [6.07, 6.45) is -1.22. The maximum Gasteiger partial charge on any atom is 0.399 e. The molecule has 5 aromatic rings. The summed E-state index contributed by atoms with van der Waals surface area (Å²) in [5, 5.41) is 12.7. The number of hydrogen-bond donors (Lipinski definition) is 3. The lowest BCUT2D eigenvalue weighted by Gasteiger charge is -2.24. The summed E-state index contributed by atoms with van der Waals surface area (Å²) in [6, 6.07) is 24.0. The zero-order chi connectivity index (χ0) is 33.2. The minimum absolute atomic E-state index is 0.103. The fourth-order valence-corrected chi connectivity index (χ4v) is 6.92. The summed E-state index contributed by atoms with van der Waals surface area (Å²) in [7, 11) is -5.77. The lowest BCUT2D eigenvalue weighted by molar-refractivity contribution is -0.145. The summed E-state index contributed by atoms with van der Waals surface area (Å²) in [5.41, 5.74) is -2.45. The molecule has 8 nitrogen and oxygen atoms in total. The molecule has 238 valence electrons.